The Balaban J connectivity index is 1.50. The van der Waals surface area contributed by atoms with E-state index in [2.05, 4.69) is 29.1 Å². The maximum atomic E-state index is 14.2. The summed E-state index contributed by atoms with van der Waals surface area (Å²) < 4.78 is 16.3. The molecule has 9 nitrogen and oxygen atoms in total. The van der Waals surface area contributed by atoms with E-state index < -0.39 is 6.04 Å². The van der Waals surface area contributed by atoms with Crippen molar-refractivity contribution >= 4 is 29.3 Å². The topological polar surface area (TPSA) is 103 Å². The lowest BCUT2D eigenvalue weighted by Gasteiger charge is -2.32. The highest BCUT2D eigenvalue weighted by atomic mass is 32.2. The second-order valence-corrected chi connectivity index (χ2v) is 11.8. The Labute approximate surface area is 262 Å². The monoisotopic (exact) mass is 612 g/mol. The Morgan fingerprint density at radius 2 is 1.57 bits per heavy atom. The van der Waals surface area contributed by atoms with Crippen molar-refractivity contribution in [2.75, 3.05) is 25.0 Å². The predicted molar refractivity (Wildman–Crippen MR) is 170 cm³/mol. The first-order chi connectivity index (χ1) is 21.2. The standard InChI is InChI=1S/C34H36N4O5S/c1-21(2)25-8-10-26(11-9-25)32(33(40)37-27-12-15-29-30(17-27)43-20-42-29)38(18-24-6-13-28(41-5)14-7-24)31(39)19-44-34-35-22(3)16-23(4)36-34/h6-17,21,32H,18-20H2,1-5H3,(H,37,40). The first-order valence-corrected chi connectivity index (χ1v) is 15.4. The second-order valence-electron chi connectivity index (χ2n) is 10.9. The Morgan fingerprint density at radius 3 is 2.23 bits per heavy atom. The molecule has 3 aromatic carbocycles. The van der Waals surface area contributed by atoms with Gasteiger partial charge in [0.15, 0.2) is 16.7 Å². The number of amides is 2. The normalized spacial score (nSPS) is 12.6. The number of benzene rings is 3. The van der Waals surface area contributed by atoms with Gasteiger partial charge in [0, 0.05) is 29.7 Å². The minimum absolute atomic E-state index is 0.0525. The van der Waals surface area contributed by atoms with Gasteiger partial charge in [-0.05, 0) is 66.8 Å². The van der Waals surface area contributed by atoms with Gasteiger partial charge < -0.3 is 24.4 Å². The maximum absolute atomic E-state index is 14.2. The molecular weight excluding hydrogens is 576 g/mol. The van der Waals surface area contributed by atoms with Gasteiger partial charge >= 0.3 is 0 Å². The third kappa shape index (κ3) is 7.49. The molecule has 0 aliphatic carbocycles. The number of nitrogens with zero attached hydrogens (tertiary/aromatic N) is 3. The highest BCUT2D eigenvalue weighted by molar-refractivity contribution is 7.99. The fourth-order valence-corrected chi connectivity index (χ4v) is 5.77. The fourth-order valence-electron chi connectivity index (χ4n) is 4.94. The van der Waals surface area contributed by atoms with Crippen LogP contribution in [0, 0.1) is 13.8 Å². The largest absolute Gasteiger partial charge is 0.497 e. The lowest BCUT2D eigenvalue weighted by molar-refractivity contribution is -0.137. The number of carbonyl (C=O) groups excluding carboxylic acids is 2. The molecule has 1 aromatic heterocycles. The van der Waals surface area contributed by atoms with Crippen molar-refractivity contribution in [3.8, 4) is 17.2 Å². The third-order valence-electron chi connectivity index (χ3n) is 7.24. The number of fused-ring (bicyclic) bond motifs is 1. The van der Waals surface area contributed by atoms with E-state index in [0.717, 1.165) is 22.5 Å². The molecule has 2 amide bonds. The minimum Gasteiger partial charge on any atom is -0.497 e. The van der Waals surface area contributed by atoms with E-state index in [-0.39, 0.29) is 30.9 Å². The number of carbonyl (C=O) groups is 2. The van der Waals surface area contributed by atoms with Crippen molar-refractivity contribution in [2.24, 2.45) is 0 Å². The highest BCUT2D eigenvalue weighted by Gasteiger charge is 2.32. The molecule has 1 atom stereocenters. The van der Waals surface area contributed by atoms with E-state index in [4.69, 9.17) is 14.2 Å². The van der Waals surface area contributed by atoms with Gasteiger partial charge in [-0.25, -0.2) is 9.97 Å². The van der Waals surface area contributed by atoms with Crippen LogP contribution in [-0.2, 0) is 16.1 Å². The van der Waals surface area contributed by atoms with Crippen molar-refractivity contribution < 1.29 is 23.8 Å². The zero-order valence-electron chi connectivity index (χ0n) is 25.5. The molecule has 1 aliphatic heterocycles. The quantitative estimate of drug-likeness (QED) is 0.152. The summed E-state index contributed by atoms with van der Waals surface area (Å²) in [6, 6.07) is 21.5. The van der Waals surface area contributed by atoms with Crippen LogP contribution in [0.2, 0.25) is 0 Å². The number of anilines is 1. The van der Waals surface area contributed by atoms with E-state index in [9.17, 15) is 9.59 Å². The number of methoxy groups -OCH3 is 1. The minimum atomic E-state index is -0.933. The molecule has 5 rings (SSSR count). The van der Waals surface area contributed by atoms with E-state index >= 15 is 0 Å². The Kier molecular flexibility index (Phi) is 9.69. The number of nitrogens with one attached hydrogen (secondary N) is 1. The number of thioether (sulfide) groups is 1. The Bertz CT molecular complexity index is 1610. The number of aryl methyl sites for hydroxylation is 2. The number of ether oxygens (including phenoxy) is 3. The molecule has 2 heterocycles. The molecule has 1 unspecified atom stereocenters. The molecule has 1 aliphatic rings. The van der Waals surface area contributed by atoms with Crippen molar-refractivity contribution in [3.05, 3.63) is 101 Å². The summed E-state index contributed by atoms with van der Waals surface area (Å²) in [4.78, 5) is 38.9. The van der Waals surface area contributed by atoms with E-state index in [1.54, 1.807) is 30.2 Å². The van der Waals surface area contributed by atoms with Crippen LogP contribution in [0.25, 0.3) is 0 Å². The lowest BCUT2D eigenvalue weighted by atomic mass is 9.97. The van der Waals surface area contributed by atoms with Crippen LogP contribution in [0.3, 0.4) is 0 Å². The first-order valence-electron chi connectivity index (χ1n) is 14.4. The van der Waals surface area contributed by atoms with Crippen LogP contribution >= 0.6 is 11.8 Å². The summed E-state index contributed by atoms with van der Waals surface area (Å²) >= 11 is 1.25. The average molecular weight is 613 g/mol. The van der Waals surface area contributed by atoms with Gasteiger partial charge in [0.1, 0.15) is 11.8 Å². The molecule has 0 spiro atoms. The summed E-state index contributed by atoms with van der Waals surface area (Å²) in [5.41, 5.74) is 4.88. The Morgan fingerprint density at radius 1 is 0.909 bits per heavy atom. The molecule has 4 aromatic rings. The van der Waals surface area contributed by atoms with E-state index in [1.165, 1.54) is 11.8 Å². The number of hydrogen-bond donors (Lipinski definition) is 1. The van der Waals surface area contributed by atoms with Crippen LogP contribution in [-0.4, -0.2) is 46.3 Å². The van der Waals surface area contributed by atoms with Crippen LogP contribution in [0.5, 0.6) is 17.2 Å². The summed E-state index contributed by atoms with van der Waals surface area (Å²) in [5.74, 6) is 1.66. The smallest absolute Gasteiger partial charge is 0.251 e. The van der Waals surface area contributed by atoms with Crippen molar-refractivity contribution in [3.63, 3.8) is 0 Å². The average Bonchev–Trinajstić information content (AvgIpc) is 3.48. The number of hydrogen-bond acceptors (Lipinski definition) is 8. The molecular formula is C34H36N4O5S. The van der Waals surface area contributed by atoms with Gasteiger partial charge in [0.25, 0.3) is 5.91 Å². The van der Waals surface area contributed by atoms with Gasteiger partial charge in [0.2, 0.25) is 12.7 Å². The summed E-state index contributed by atoms with van der Waals surface area (Å²) in [6.07, 6.45) is 0. The van der Waals surface area contributed by atoms with Crippen LogP contribution < -0.4 is 19.5 Å². The van der Waals surface area contributed by atoms with Crippen molar-refractivity contribution in [1.82, 2.24) is 14.9 Å². The molecule has 44 heavy (non-hydrogen) atoms. The molecule has 0 radical (unpaired) electrons. The van der Waals surface area contributed by atoms with Gasteiger partial charge in [-0.1, -0.05) is 62.0 Å². The SMILES string of the molecule is COc1ccc(CN(C(=O)CSc2nc(C)cc(C)n2)C(C(=O)Nc2ccc3c(c2)OCO3)c2ccc(C(C)C)cc2)cc1. The third-order valence-corrected chi connectivity index (χ3v) is 8.07. The molecule has 0 saturated carbocycles. The van der Waals surface area contributed by atoms with Crippen molar-refractivity contribution in [1.29, 1.82) is 0 Å². The van der Waals surface area contributed by atoms with Crippen LogP contribution in [0.1, 0.15) is 53.9 Å². The van der Waals surface area contributed by atoms with Crippen LogP contribution in [0.15, 0.2) is 78.0 Å². The molecule has 228 valence electrons. The van der Waals surface area contributed by atoms with E-state index in [0.29, 0.717) is 39.6 Å². The van der Waals surface area contributed by atoms with Gasteiger partial charge in [-0.2, -0.15) is 0 Å². The summed E-state index contributed by atoms with van der Waals surface area (Å²) in [5, 5.41) is 3.53. The molecule has 10 heteroatoms. The molecule has 0 bridgehead atoms. The molecule has 1 N–H and O–H groups in total. The molecule has 0 saturated heterocycles. The predicted octanol–water partition coefficient (Wildman–Crippen LogP) is 6.46. The van der Waals surface area contributed by atoms with Crippen molar-refractivity contribution in [2.45, 2.75) is 51.4 Å². The maximum Gasteiger partial charge on any atom is 0.251 e. The zero-order valence-corrected chi connectivity index (χ0v) is 26.3. The summed E-state index contributed by atoms with van der Waals surface area (Å²) in [7, 11) is 1.61. The fraction of sp³-hybridized carbons (Fsp3) is 0.294. The van der Waals surface area contributed by atoms with Gasteiger partial charge in [-0.15, -0.1) is 0 Å². The van der Waals surface area contributed by atoms with Gasteiger partial charge in [-0.3, -0.25) is 9.59 Å². The second kappa shape index (κ2) is 13.8. The zero-order chi connectivity index (χ0) is 31.2. The number of aromatic nitrogens is 2. The summed E-state index contributed by atoms with van der Waals surface area (Å²) in [6.45, 7) is 8.35. The van der Waals surface area contributed by atoms with Gasteiger partial charge in [0.05, 0.1) is 12.9 Å². The van der Waals surface area contributed by atoms with Crippen LogP contribution in [0.4, 0.5) is 5.69 Å². The highest BCUT2D eigenvalue weighted by Crippen LogP contribution is 2.35. The number of rotatable bonds is 11. The lowest BCUT2D eigenvalue weighted by Crippen LogP contribution is -2.41. The first kappa shape index (κ1) is 30.9. The van der Waals surface area contributed by atoms with E-state index in [1.807, 2.05) is 68.4 Å². The Hall–Kier alpha value is -4.57. The molecule has 0 fully saturated rings.